The van der Waals surface area contributed by atoms with Crippen molar-refractivity contribution >= 4 is 23.5 Å². The quantitative estimate of drug-likeness (QED) is 0.816. The molecule has 0 saturated heterocycles. The lowest BCUT2D eigenvalue weighted by Crippen LogP contribution is -2.41. The third kappa shape index (κ3) is 5.39. The first kappa shape index (κ1) is 18.7. The standard InChI is InChI=1S/C17H24N2O4/c1-11(2)19(10-12(3)17(22)23-5)16(21)14-7-6-8-15(9-14)18-13(4)20/h6-9,11-12H,10H2,1-5H3,(H,18,20). The summed E-state index contributed by atoms with van der Waals surface area (Å²) in [6, 6.07) is 6.67. The zero-order valence-corrected chi connectivity index (χ0v) is 14.3. The van der Waals surface area contributed by atoms with Gasteiger partial charge in [-0.15, -0.1) is 0 Å². The summed E-state index contributed by atoms with van der Waals surface area (Å²) in [6.07, 6.45) is 0. The molecule has 1 aromatic carbocycles. The summed E-state index contributed by atoms with van der Waals surface area (Å²) in [5.41, 5.74) is 1.02. The van der Waals surface area contributed by atoms with Gasteiger partial charge in [-0.25, -0.2) is 0 Å². The maximum atomic E-state index is 12.7. The molecule has 0 aliphatic rings. The van der Waals surface area contributed by atoms with Gasteiger partial charge in [-0.3, -0.25) is 14.4 Å². The lowest BCUT2D eigenvalue weighted by molar-refractivity contribution is -0.145. The predicted molar refractivity (Wildman–Crippen MR) is 88.1 cm³/mol. The molecular weight excluding hydrogens is 296 g/mol. The summed E-state index contributed by atoms with van der Waals surface area (Å²) in [6.45, 7) is 7.18. The number of benzene rings is 1. The van der Waals surface area contributed by atoms with E-state index in [1.165, 1.54) is 14.0 Å². The normalized spacial score (nSPS) is 11.7. The largest absolute Gasteiger partial charge is 0.469 e. The molecule has 0 bridgehead atoms. The molecule has 0 aliphatic carbocycles. The van der Waals surface area contributed by atoms with Gasteiger partial charge in [-0.1, -0.05) is 13.0 Å². The molecule has 0 saturated carbocycles. The van der Waals surface area contributed by atoms with E-state index in [2.05, 4.69) is 5.32 Å². The Hall–Kier alpha value is -2.37. The number of carbonyl (C=O) groups excluding carboxylic acids is 3. The Labute approximate surface area is 136 Å². The van der Waals surface area contributed by atoms with E-state index in [9.17, 15) is 14.4 Å². The van der Waals surface area contributed by atoms with Gasteiger partial charge in [0.25, 0.3) is 5.91 Å². The number of nitrogens with one attached hydrogen (secondary N) is 1. The van der Waals surface area contributed by atoms with E-state index in [0.717, 1.165) is 0 Å². The molecule has 0 fully saturated rings. The molecule has 1 N–H and O–H groups in total. The zero-order chi connectivity index (χ0) is 17.6. The number of ether oxygens (including phenoxy) is 1. The monoisotopic (exact) mass is 320 g/mol. The van der Waals surface area contributed by atoms with Crippen molar-refractivity contribution in [3.05, 3.63) is 29.8 Å². The predicted octanol–water partition coefficient (Wildman–Crippen LogP) is 2.30. The third-order valence-corrected chi connectivity index (χ3v) is 3.39. The van der Waals surface area contributed by atoms with Gasteiger partial charge in [0.2, 0.25) is 5.91 Å². The van der Waals surface area contributed by atoms with Crippen LogP contribution >= 0.6 is 0 Å². The number of rotatable bonds is 6. The molecule has 6 nitrogen and oxygen atoms in total. The van der Waals surface area contributed by atoms with Gasteiger partial charge < -0.3 is 15.0 Å². The summed E-state index contributed by atoms with van der Waals surface area (Å²) >= 11 is 0. The fourth-order valence-corrected chi connectivity index (χ4v) is 2.20. The molecule has 0 radical (unpaired) electrons. The highest BCUT2D eigenvalue weighted by Gasteiger charge is 2.24. The molecule has 1 rings (SSSR count). The smallest absolute Gasteiger partial charge is 0.310 e. The van der Waals surface area contributed by atoms with Crippen LogP contribution in [0.2, 0.25) is 0 Å². The van der Waals surface area contributed by atoms with Crippen LogP contribution in [-0.4, -0.2) is 42.4 Å². The van der Waals surface area contributed by atoms with Crippen molar-refractivity contribution in [2.75, 3.05) is 19.0 Å². The second-order valence-corrected chi connectivity index (χ2v) is 5.74. The van der Waals surface area contributed by atoms with Crippen molar-refractivity contribution in [2.24, 2.45) is 5.92 Å². The van der Waals surface area contributed by atoms with Gasteiger partial charge in [-0.05, 0) is 32.0 Å². The number of anilines is 1. The van der Waals surface area contributed by atoms with Crippen molar-refractivity contribution in [3.8, 4) is 0 Å². The van der Waals surface area contributed by atoms with E-state index in [1.54, 1.807) is 36.1 Å². The van der Waals surface area contributed by atoms with Gasteiger partial charge in [0.1, 0.15) is 0 Å². The number of esters is 1. The van der Waals surface area contributed by atoms with Gasteiger partial charge >= 0.3 is 5.97 Å². The van der Waals surface area contributed by atoms with Crippen LogP contribution in [0.25, 0.3) is 0 Å². The Balaban J connectivity index is 2.97. The first-order chi connectivity index (χ1) is 10.8. The topological polar surface area (TPSA) is 75.7 Å². The number of methoxy groups -OCH3 is 1. The molecule has 0 heterocycles. The Morgan fingerprint density at radius 1 is 1.22 bits per heavy atom. The first-order valence-corrected chi connectivity index (χ1v) is 7.52. The van der Waals surface area contributed by atoms with Crippen LogP contribution in [0.4, 0.5) is 5.69 Å². The Morgan fingerprint density at radius 3 is 2.39 bits per heavy atom. The zero-order valence-electron chi connectivity index (χ0n) is 14.3. The molecule has 6 heteroatoms. The minimum atomic E-state index is -0.412. The van der Waals surface area contributed by atoms with Crippen molar-refractivity contribution in [1.82, 2.24) is 4.90 Å². The summed E-state index contributed by atoms with van der Waals surface area (Å²) < 4.78 is 4.72. The minimum absolute atomic E-state index is 0.0703. The minimum Gasteiger partial charge on any atom is -0.469 e. The fourth-order valence-electron chi connectivity index (χ4n) is 2.20. The second-order valence-electron chi connectivity index (χ2n) is 5.74. The lowest BCUT2D eigenvalue weighted by atomic mass is 10.1. The average molecular weight is 320 g/mol. The van der Waals surface area contributed by atoms with Crippen molar-refractivity contribution < 1.29 is 19.1 Å². The molecule has 1 atom stereocenters. The van der Waals surface area contributed by atoms with Gasteiger partial charge in [-0.2, -0.15) is 0 Å². The second kappa shape index (κ2) is 8.31. The maximum Gasteiger partial charge on any atom is 0.310 e. The van der Waals surface area contributed by atoms with E-state index >= 15 is 0 Å². The molecule has 0 aromatic heterocycles. The van der Waals surface area contributed by atoms with Crippen LogP contribution in [0, 0.1) is 5.92 Å². The van der Waals surface area contributed by atoms with E-state index in [1.807, 2.05) is 13.8 Å². The Kier molecular flexibility index (Phi) is 6.75. The van der Waals surface area contributed by atoms with Crippen LogP contribution in [0.15, 0.2) is 24.3 Å². The molecule has 126 valence electrons. The van der Waals surface area contributed by atoms with E-state index in [0.29, 0.717) is 11.3 Å². The fraction of sp³-hybridized carbons (Fsp3) is 0.471. The Bertz CT molecular complexity index is 584. The molecule has 1 unspecified atom stereocenters. The van der Waals surface area contributed by atoms with Gasteiger partial charge in [0, 0.05) is 30.8 Å². The van der Waals surface area contributed by atoms with E-state index in [4.69, 9.17) is 4.74 Å². The number of nitrogens with zero attached hydrogens (tertiary/aromatic N) is 1. The van der Waals surface area contributed by atoms with Crippen LogP contribution in [0.3, 0.4) is 0 Å². The molecule has 23 heavy (non-hydrogen) atoms. The van der Waals surface area contributed by atoms with Crippen molar-refractivity contribution in [1.29, 1.82) is 0 Å². The van der Waals surface area contributed by atoms with Crippen LogP contribution in [0.1, 0.15) is 38.1 Å². The highest BCUT2D eigenvalue weighted by atomic mass is 16.5. The molecule has 0 aliphatic heterocycles. The summed E-state index contributed by atoms with van der Waals surface area (Å²) in [4.78, 5) is 37.1. The summed E-state index contributed by atoms with van der Waals surface area (Å²) in [5.74, 6) is -1.15. The molecule has 0 spiro atoms. The average Bonchev–Trinajstić information content (AvgIpc) is 2.50. The molecule has 1 aromatic rings. The number of amides is 2. The van der Waals surface area contributed by atoms with E-state index < -0.39 is 5.92 Å². The van der Waals surface area contributed by atoms with E-state index in [-0.39, 0.29) is 30.4 Å². The highest BCUT2D eigenvalue weighted by Crippen LogP contribution is 2.16. The van der Waals surface area contributed by atoms with Gasteiger partial charge in [0.15, 0.2) is 0 Å². The van der Waals surface area contributed by atoms with Crippen LogP contribution < -0.4 is 5.32 Å². The molecule has 2 amide bonds. The van der Waals surface area contributed by atoms with Crippen LogP contribution in [-0.2, 0) is 14.3 Å². The Morgan fingerprint density at radius 2 is 1.87 bits per heavy atom. The van der Waals surface area contributed by atoms with Crippen molar-refractivity contribution in [2.45, 2.75) is 33.7 Å². The number of hydrogen-bond donors (Lipinski definition) is 1. The third-order valence-electron chi connectivity index (χ3n) is 3.39. The SMILES string of the molecule is COC(=O)C(C)CN(C(=O)c1cccc(NC(C)=O)c1)C(C)C. The van der Waals surface area contributed by atoms with Crippen LogP contribution in [0.5, 0.6) is 0 Å². The lowest BCUT2D eigenvalue weighted by Gasteiger charge is -2.29. The maximum absolute atomic E-state index is 12.7. The highest BCUT2D eigenvalue weighted by molar-refractivity contribution is 5.97. The summed E-state index contributed by atoms with van der Waals surface area (Å²) in [5, 5.41) is 2.65. The molecular formula is C17H24N2O4. The summed E-state index contributed by atoms with van der Waals surface area (Å²) in [7, 11) is 1.33. The van der Waals surface area contributed by atoms with Gasteiger partial charge in [0.05, 0.1) is 13.0 Å². The van der Waals surface area contributed by atoms with Crippen molar-refractivity contribution in [3.63, 3.8) is 0 Å². The first-order valence-electron chi connectivity index (χ1n) is 7.52. The number of hydrogen-bond acceptors (Lipinski definition) is 4. The number of carbonyl (C=O) groups is 3.